The molecule has 422 valence electrons. The molecule has 0 aliphatic heterocycles. The first-order valence-electron chi connectivity index (χ1n) is 28.4. The summed E-state index contributed by atoms with van der Waals surface area (Å²) in [6, 6.07) is 0. The summed E-state index contributed by atoms with van der Waals surface area (Å²) in [5.74, 6) is 0.162. The summed E-state index contributed by atoms with van der Waals surface area (Å²) in [7, 11) is -10.8. The highest BCUT2D eigenvalue weighted by molar-refractivity contribution is 7.58. The van der Waals surface area contributed by atoms with E-state index < -0.39 is 15.6 Å². The topological polar surface area (TPSA) is 122 Å². The van der Waals surface area contributed by atoms with Gasteiger partial charge in [-0.1, -0.05) is 147 Å². The molecule has 0 radical (unpaired) electrons. The van der Waals surface area contributed by atoms with Crippen LogP contribution in [0.15, 0.2) is 140 Å². The zero-order chi connectivity index (χ0) is 55.8. The van der Waals surface area contributed by atoms with Gasteiger partial charge in [0.15, 0.2) is 0 Å². The van der Waals surface area contributed by atoms with Gasteiger partial charge in [0.25, 0.3) is 7.82 Å². The quantitative estimate of drug-likeness (QED) is 0.0441. The second kappa shape index (κ2) is 43.2. The fourth-order valence-electron chi connectivity index (χ4n) is 8.44. The Balaban J connectivity index is 4.31. The van der Waals surface area contributed by atoms with Crippen molar-refractivity contribution in [1.29, 1.82) is 0 Å². The van der Waals surface area contributed by atoms with Crippen molar-refractivity contribution in [2.24, 2.45) is 5.92 Å². The summed E-state index contributed by atoms with van der Waals surface area (Å²) in [6.45, 7) is 31.0. The lowest BCUT2D eigenvalue weighted by Gasteiger charge is -2.35. The van der Waals surface area contributed by atoms with Gasteiger partial charge < -0.3 is 23.8 Å². The smallest absolute Gasteiger partial charge is 0.271 e. The zero-order valence-corrected chi connectivity index (χ0v) is 51.4. The molecule has 74 heavy (non-hydrogen) atoms. The number of phosphoric ester groups is 1. The molecule has 0 N–H and O–H groups in total. The van der Waals surface area contributed by atoms with E-state index in [0.29, 0.717) is 6.42 Å². The van der Waals surface area contributed by atoms with Gasteiger partial charge in [0.05, 0.1) is 14.4 Å². The Bertz CT molecular complexity index is 2070. The first-order chi connectivity index (χ1) is 34.8. The van der Waals surface area contributed by atoms with E-state index in [2.05, 4.69) is 172 Å². The van der Waals surface area contributed by atoms with Gasteiger partial charge in [-0.2, -0.15) is 0 Å². The van der Waals surface area contributed by atoms with E-state index in [4.69, 9.17) is 0 Å². The Morgan fingerprint density at radius 3 is 0.743 bits per heavy atom. The highest BCUT2D eigenvalue weighted by Gasteiger charge is 2.13. The largest absolute Gasteiger partial charge is 0.790 e. The first kappa shape index (κ1) is 71.1. The Hall–Kier alpha value is -2.86. The van der Waals surface area contributed by atoms with E-state index in [1.807, 2.05) is 6.92 Å². The normalized spacial score (nSPS) is 16.0. The van der Waals surface area contributed by atoms with Crippen LogP contribution in [-0.4, -0.2) is 6.61 Å². The number of hydrogen-bond acceptors (Lipinski definition) is 7. The maximum Gasteiger partial charge on any atom is 0.271 e. The second-order valence-corrected chi connectivity index (χ2v) is 24.7. The van der Waals surface area contributed by atoms with E-state index in [-0.39, 0.29) is 12.5 Å². The summed E-state index contributed by atoms with van der Waals surface area (Å²) < 4.78 is 29.9. The van der Waals surface area contributed by atoms with E-state index in [1.165, 1.54) is 86.1 Å². The number of hydrogen-bond donors (Lipinski definition) is 0. The van der Waals surface area contributed by atoms with Crippen molar-refractivity contribution in [3.8, 4) is 0 Å². The van der Waals surface area contributed by atoms with E-state index in [1.54, 1.807) is 0 Å². The standard InChI is InChI=1S/C65H110O7P2/c1-53(2)27-15-28-54(3)29-16-30-55(4)31-17-32-56(5)33-18-34-57(6)35-19-36-58(7)37-20-38-59(8)39-21-40-60(9)41-22-42-61(10)43-23-44-62(11)45-24-46-63(12)47-25-48-64(13)49-26-50-65(14)51-52-71-74(69,70)72-73(66,67)68/h27,29,31,33,35,37,39,41,43,45,47,49,65H,15-26,28,30,32,34,36,38,40,42,44,46,48,50-52H2,1-14H3,(H,69,70)(H2,66,67,68)/p-3/b54-29+,55-31+,56-33-,57-35-,58-37-,59-39-,60-41-,61-43-,62-45-,63-47-,64-49-. The third-order valence-electron chi connectivity index (χ3n) is 13.6. The van der Waals surface area contributed by atoms with Crippen molar-refractivity contribution in [3.63, 3.8) is 0 Å². The van der Waals surface area contributed by atoms with Crippen LogP contribution in [0.2, 0.25) is 0 Å². The number of rotatable bonds is 42. The van der Waals surface area contributed by atoms with Crippen LogP contribution in [-0.2, 0) is 18.0 Å². The SMILES string of the molecule is CC(C)=CCC/C(C)=C/CC/C(C)=C/CC/C(C)=C\CC/C(C)=C\CC/C(C)=C\CC/C(C)=C\CC/C(C)=C\CC/C(C)=C\CC/C(C)=C\CC/C(C)=C\CC/C(C)=C\CCC(C)CCOP(=O)([O-])OP(=O)([O-])[O-]. The van der Waals surface area contributed by atoms with Gasteiger partial charge in [0, 0.05) is 0 Å². The summed E-state index contributed by atoms with van der Waals surface area (Å²) in [6.07, 6.45) is 55.7. The Morgan fingerprint density at radius 1 is 0.338 bits per heavy atom. The maximum absolute atomic E-state index is 11.4. The van der Waals surface area contributed by atoms with Gasteiger partial charge in [-0.25, -0.2) is 0 Å². The average molecular weight is 1060 g/mol. The predicted molar refractivity (Wildman–Crippen MR) is 318 cm³/mol. The van der Waals surface area contributed by atoms with Crippen LogP contribution < -0.4 is 14.7 Å². The zero-order valence-electron chi connectivity index (χ0n) is 49.6. The van der Waals surface area contributed by atoms with Crippen molar-refractivity contribution < 1.29 is 32.6 Å². The lowest BCUT2D eigenvalue weighted by Crippen LogP contribution is -2.19. The predicted octanol–water partition coefficient (Wildman–Crippen LogP) is 20.1. The Labute approximate surface area is 456 Å². The van der Waals surface area contributed by atoms with Crippen molar-refractivity contribution in [3.05, 3.63) is 140 Å². The molecule has 0 fully saturated rings. The van der Waals surface area contributed by atoms with E-state index in [9.17, 15) is 23.8 Å². The number of allylic oxidation sites excluding steroid dienone is 24. The molecule has 7 nitrogen and oxygen atoms in total. The Kier molecular flexibility index (Phi) is 41.5. The molecule has 0 saturated carbocycles. The average Bonchev–Trinajstić information content (AvgIpc) is 3.28. The van der Waals surface area contributed by atoms with E-state index in [0.717, 1.165) is 135 Å². The summed E-state index contributed by atoms with van der Waals surface area (Å²) in [4.78, 5) is 32.4. The fourth-order valence-corrected chi connectivity index (χ4v) is 9.94. The van der Waals surface area contributed by atoms with Gasteiger partial charge >= 0.3 is 0 Å². The molecule has 0 heterocycles. The fraction of sp³-hybridized carbons (Fsp3) is 0.631. The molecule has 0 bridgehead atoms. The molecule has 0 saturated heterocycles. The van der Waals surface area contributed by atoms with Crippen molar-refractivity contribution >= 4 is 15.6 Å². The molecular weight excluding hydrogens is 955 g/mol. The van der Waals surface area contributed by atoms with Crippen LogP contribution in [0.5, 0.6) is 0 Å². The van der Waals surface area contributed by atoms with Gasteiger partial charge in [-0.3, -0.25) is 8.88 Å². The third-order valence-corrected chi connectivity index (χ3v) is 15.7. The van der Waals surface area contributed by atoms with Crippen LogP contribution in [0.1, 0.15) is 257 Å². The maximum atomic E-state index is 11.4. The molecule has 0 rings (SSSR count). The molecule has 0 amide bonds. The molecule has 0 aliphatic rings. The van der Waals surface area contributed by atoms with Crippen LogP contribution in [0.3, 0.4) is 0 Å². The Morgan fingerprint density at radius 2 is 0.541 bits per heavy atom. The minimum Gasteiger partial charge on any atom is -0.790 e. The monoisotopic (exact) mass is 1060 g/mol. The van der Waals surface area contributed by atoms with Crippen LogP contribution in [0, 0.1) is 5.92 Å². The van der Waals surface area contributed by atoms with Crippen molar-refractivity contribution in [1.82, 2.24) is 0 Å². The molecular formula is C65H107O7P2-3. The molecule has 0 aliphatic carbocycles. The highest BCUT2D eigenvalue weighted by atomic mass is 31.3. The number of phosphoric acid groups is 2. The second-order valence-electron chi connectivity index (χ2n) is 22.0. The minimum absolute atomic E-state index is 0.162. The molecule has 9 heteroatoms. The third kappa shape index (κ3) is 47.6. The molecule has 2 atom stereocenters. The molecule has 0 aromatic rings. The van der Waals surface area contributed by atoms with Crippen LogP contribution in [0.25, 0.3) is 0 Å². The van der Waals surface area contributed by atoms with Gasteiger partial charge in [0.1, 0.15) is 0 Å². The van der Waals surface area contributed by atoms with Crippen molar-refractivity contribution in [2.75, 3.05) is 6.61 Å². The van der Waals surface area contributed by atoms with Crippen LogP contribution in [0.4, 0.5) is 0 Å². The van der Waals surface area contributed by atoms with Crippen LogP contribution >= 0.6 is 15.6 Å². The first-order valence-corrected chi connectivity index (χ1v) is 31.3. The molecule has 0 spiro atoms. The van der Waals surface area contributed by atoms with Crippen molar-refractivity contribution in [2.45, 2.75) is 257 Å². The summed E-state index contributed by atoms with van der Waals surface area (Å²) in [5.41, 5.74) is 17.7. The lowest BCUT2D eigenvalue weighted by atomic mass is 10.0. The molecule has 0 aromatic carbocycles. The van der Waals surface area contributed by atoms with Gasteiger partial charge in [-0.05, 0) is 256 Å². The van der Waals surface area contributed by atoms with Gasteiger partial charge in [0.2, 0.25) is 0 Å². The lowest BCUT2D eigenvalue weighted by molar-refractivity contribution is -0.339. The minimum atomic E-state index is -5.65. The van der Waals surface area contributed by atoms with E-state index >= 15 is 0 Å². The molecule has 0 aromatic heterocycles. The summed E-state index contributed by atoms with van der Waals surface area (Å²) >= 11 is 0. The van der Waals surface area contributed by atoms with Gasteiger partial charge in [-0.15, -0.1) is 0 Å². The summed E-state index contributed by atoms with van der Waals surface area (Å²) in [5, 5.41) is 0. The molecule has 2 unspecified atom stereocenters. The highest BCUT2D eigenvalue weighted by Crippen LogP contribution is 2.50.